The summed E-state index contributed by atoms with van der Waals surface area (Å²) < 4.78 is 0. The van der Waals surface area contributed by atoms with E-state index in [0.29, 0.717) is 6.04 Å². The van der Waals surface area contributed by atoms with E-state index in [1.807, 2.05) is 7.05 Å². The lowest BCUT2D eigenvalue weighted by atomic mass is 10.2. The van der Waals surface area contributed by atoms with Crippen LogP contribution in [0.5, 0.6) is 0 Å². The van der Waals surface area contributed by atoms with Crippen LogP contribution in [0.1, 0.15) is 31.2 Å². The Labute approximate surface area is 122 Å². The molecule has 0 amide bonds. The number of hydrogen-bond acceptors (Lipinski definition) is 5. The second-order valence-corrected chi connectivity index (χ2v) is 5.70. The molecule has 0 bridgehead atoms. The van der Waals surface area contributed by atoms with Crippen molar-refractivity contribution in [2.45, 2.75) is 39.2 Å². The highest BCUT2D eigenvalue weighted by molar-refractivity contribution is 5.58. The van der Waals surface area contributed by atoms with E-state index in [-0.39, 0.29) is 0 Å². The maximum absolute atomic E-state index is 4.72. The van der Waals surface area contributed by atoms with Gasteiger partial charge in [0.25, 0.3) is 0 Å². The molecule has 112 valence electrons. The first-order valence-corrected chi connectivity index (χ1v) is 7.53. The molecule has 1 aromatic rings. The van der Waals surface area contributed by atoms with E-state index in [9.17, 15) is 0 Å². The summed E-state index contributed by atoms with van der Waals surface area (Å²) in [5, 5.41) is 3.18. The Kier molecular flexibility index (Phi) is 4.81. The molecule has 0 aliphatic carbocycles. The van der Waals surface area contributed by atoms with Gasteiger partial charge in [0.05, 0.1) is 0 Å². The van der Waals surface area contributed by atoms with Gasteiger partial charge >= 0.3 is 0 Å². The summed E-state index contributed by atoms with van der Waals surface area (Å²) >= 11 is 0. The minimum atomic E-state index is 0.637. The number of aryl methyl sites for hydroxylation is 1. The monoisotopic (exact) mass is 277 g/mol. The van der Waals surface area contributed by atoms with Crippen LogP contribution in [-0.2, 0) is 6.42 Å². The van der Waals surface area contributed by atoms with E-state index in [1.165, 1.54) is 19.4 Å². The minimum Gasteiger partial charge on any atom is -0.373 e. The molecule has 0 spiro atoms. The number of likely N-dealkylation sites (tertiary alicyclic amines) is 1. The lowest BCUT2D eigenvalue weighted by Crippen LogP contribution is -2.37. The summed E-state index contributed by atoms with van der Waals surface area (Å²) in [5.41, 5.74) is 1.13. The molecule has 1 fully saturated rings. The molecule has 1 saturated heterocycles. The molecular formula is C15H27N5. The molecule has 1 aliphatic rings. The van der Waals surface area contributed by atoms with Crippen molar-refractivity contribution in [3.8, 4) is 0 Å². The Balaban J connectivity index is 2.21. The van der Waals surface area contributed by atoms with Crippen molar-refractivity contribution < 1.29 is 0 Å². The highest BCUT2D eigenvalue weighted by Crippen LogP contribution is 2.24. The number of aromatic nitrogens is 2. The van der Waals surface area contributed by atoms with Crippen molar-refractivity contribution in [2.24, 2.45) is 0 Å². The fourth-order valence-corrected chi connectivity index (χ4v) is 2.94. The second kappa shape index (κ2) is 6.39. The highest BCUT2D eigenvalue weighted by Gasteiger charge is 2.23. The molecule has 0 aromatic carbocycles. The van der Waals surface area contributed by atoms with Crippen LogP contribution in [0.2, 0.25) is 0 Å². The third kappa shape index (κ3) is 3.03. The van der Waals surface area contributed by atoms with E-state index in [0.717, 1.165) is 36.0 Å². The van der Waals surface area contributed by atoms with Crippen LogP contribution in [0.15, 0.2) is 0 Å². The summed E-state index contributed by atoms with van der Waals surface area (Å²) in [6, 6.07) is 0.637. The summed E-state index contributed by atoms with van der Waals surface area (Å²) in [6.45, 7) is 6.43. The van der Waals surface area contributed by atoms with E-state index < -0.39 is 0 Å². The first-order chi connectivity index (χ1) is 9.56. The van der Waals surface area contributed by atoms with Gasteiger partial charge in [0.1, 0.15) is 17.5 Å². The van der Waals surface area contributed by atoms with Gasteiger partial charge in [-0.1, -0.05) is 6.92 Å². The summed E-state index contributed by atoms with van der Waals surface area (Å²) in [4.78, 5) is 14.0. The summed E-state index contributed by atoms with van der Waals surface area (Å²) in [7, 11) is 6.28. The van der Waals surface area contributed by atoms with Gasteiger partial charge in [-0.2, -0.15) is 0 Å². The summed E-state index contributed by atoms with van der Waals surface area (Å²) in [5.74, 6) is 2.90. The number of anilines is 2. The smallest absolute Gasteiger partial charge is 0.137 e. The van der Waals surface area contributed by atoms with E-state index in [1.54, 1.807) is 0 Å². The SMILES string of the molecule is CCc1nc(NC)c(C)c(N(C)CC2CCCN2C)n1. The largest absolute Gasteiger partial charge is 0.373 e. The highest BCUT2D eigenvalue weighted by atomic mass is 15.2. The van der Waals surface area contributed by atoms with Gasteiger partial charge in [0, 0.05) is 38.7 Å². The third-order valence-electron chi connectivity index (χ3n) is 4.24. The van der Waals surface area contributed by atoms with Gasteiger partial charge in [-0.25, -0.2) is 9.97 Å². The molecule has 2 rings (SSSR count). The molecule has 0 radical (unpaired) electrons. The van der Waals surface area contributed by atoms with Crippen molar-refractivity contribution in [2.75, 3.05) is 44.4 Å². The molecule has 20 heavy (non-hydrogen) atoms. The van der Waals surface area contributed by atoms with Crippen LogP contribution >= 0.6 is 0 Å². The van der Waals surface area contributed by atoms with Crippen LogP contribution in [0, 0.1) is 6.92 Å². The standard InChI is InChI=1S/C15H27N5/c1-6-13-17-14(16-3)11(2)15(18-13)20(5)10-12-8-7-9-19(12)4/h12H,6-10H2,1-5H3,(H,16,17,18). The molecule has 1 unspecified atom stereocenters. The Morgan fingerprint density at radius 2 is 2.15 bits per heavy atom. The number of nitrogens with one attached hydrogen (secondary N) is 1. The van der Waals surface area contributed by atoms with Crippen molar-refractivity contribution in [3.05, 3.63) is 11.4 Å². The van der Waals surface area contributed by atoms with Gasteiger partial charge in [0.2, 0.25) is 0 Å². The van der Waals surface area contributed by atoms with Crippen LogP contribution in [-0.4, -0.2) is 55.1 Å². The van der Waals surface area contributed by atoms with Crippen molar-refractivity contribution >= 4 is 11.6 Å². The van der Waals surface area contributed by atoms with E-state index in [4.69, 9.17) is 4.98 Å². The van der Waals surface area contributed by atoms with Crippen molar-refractivity contribution in [1.29, 1.82) is 0 Å². The zero-order chi connectivity index (χ0) is 14.7. The lowest BCUT2D eigenvalue weighted by molar-refractivity contribution is 0.314. The molecule has 1 N–H and O–H groups in total. The second-order valence-electron chi connectivity index (χ2n) is 5.70. The minimum absolute atomic E-state index is 0.637. The molecule has 2 heterocycles. The maximum Gasteiger partial charge on any atom is 0.137 e. The predicted octanol–water partition coefficient (Wildman–Crippen LogP) is 1.92. The molecule has 1 aromatic heterocycles. The van der Waals surface area contributed by atoms with Crippen molar-refractivity contribution in [1.82, 2.24) is 14.9 Å². The maximum atomic E-state index is 4.72. The molecule has 1 aliphatic heterocycles. The number of hydrogen-bond donors (Lipinski definition) is 1. The topological polar surface area (TPSA) is 44.3 Å². The van der Waals surface area contributed by atoms with Gasteiger partial charge in [-0.05, 0) is 33.4 Å². The average molecular weight is 277 g/mol. The fraction of sp³-hybridized carbons (Fsp3) is 0.733. The quantitative estimate of drug-likeness (QED) is 0.891. The fourth-order valence-electron chi connectivity index (χ4n) is 2.94. The van der Waals surface area contributed by atoms with Gasteiger partial charge in [-0.3, -0.25) is 0 Å². The molecule has 1 atom stereocenters. The first-order valence-electron chi connectivity index (χ1n) is 7.53. The van der Waals surface area contributed by atoms with Crippen LogP contribution in [0.25, 0.3) is 0 Å². The predicted molar refractivity (Wildman–Crippen MR) is 84.6 cm³/mol. The Morgan fingerprint density at radius 1 is 1.40 bits per heavy atom. The normalized spacial score (nSPS) is 19.4. The molecule has 5 heteroatoms. The number of nitrogens with zero attached hydrogens (tertiary/aromatic N) is 4. The average Bonchev–Trinajstić information content (AvgIpc) is 2.84. The third-order valence-corrected chi connectivity index (χ3v) is 4.24. The van der Waals surface area contributed by atoms with Crippen LogP contribution in [0.3, 0.4) is 0 Å². The molecule has 0 saturated carbocycles. The molecule has 5 nitrogen and oxygen atoms in total. The van der Waals surface area contributed by atoms with Gasteiger partial charge in [0.15, 0.2) is 0 Å². The number of rotatable bonds is 5. The van der Waals surface area contributed by atoms with Crippen LogP contribution in [0.4, 0.5) is 11.6 Å². The van der Waals surface area contributed by atoms with Gasteiger partial charge in [-0.15, -0.1) is 0 Å². The first kappa shape index (κ1) is 15.0. The molecular weight excluding hydrogens is 250 g/mol. The van der Waals surface area contributed by atoms with Crippen LogP contribution < -0.4 is 10.2 Å². The Hall–Kier alpha value is -1.36. The lowest BCUT2D eigenvalue weighted by Gasteiger charge is -2.28. The van der Waals surface area contributed by atoms with Crippen molar-refractivity contribution in [3.63, 3.8) is 0 Å². The van der Waals surface area contributed by atoms with Gasteiger partial charge < -0.3 is 15.1 Å². The zero-order valence-electron chi connectivity index (χ0n) is 13.4. The summed E-state index contributed by atoms with van der Waals surface area (Å²) in [6.07, 6.45) is 3.45. The zero-order valence-corrected chi connectivity index (χ0v) is 13.4. The van der Waals surface area contributed by atoms with E-state index in [2.05, 4.69) is 48.0 Å². The Morgan fingerprint density at radius 3 is 2.70 bits per heavy atom. The number of likely N-dealkylation sites (N-methyl/N-ethyl adjacent to an activating group) is 2. The Bertz CT molecular complexity index is 460. The van der Waals surface area contributed by atoms with E-state index >= 15 is 0 Å².